The predicted octanol–water partition coefficient (Wildman–Crippen LogP) is 2.92. The summed E-state index contributed by atoms with van der Waals surface area (Å²) in [4.78, 5) is 30.6. The third-order valence-corrected chi connectivity index (χ3v) is 5.22. The molecule has 0 atom stereocenters. The number of hydrogen-bond acceptors (Lipinski definition) is 4. The van der Waals surface area contributed by atoms with Crippen molar-refractivity contribution in [1.82, 2.24) is 19.5 Å². The van der Waals surface area contributed by atoms with Crippen molar-refractivity contribution < 1.29 is 4.79 Å². The summed E-state index contributed by atoms with van der Waals surface area (Å²) < 4.78 is 1.24. The first-order valence-electron chi connectivity index (χ1n) is 9.45. The lowest BCUT2D eigenvalue weighted by atomic mass is 9.97. The number of rotatable bonds is 3. The Morgan fingerprint density at radius 3 is 2.50 bits per heavy atom. The van der Waals surface area contributed by atoms with Gasteiger partial charge in [-0.05, 0) is 36.5 Å². The van der Waals surface area contributed by atoms with Gasteiger partial charge in [-0.3, -0.25) is 9.59 Å². The third kappa shape index (κ3) is 2.87. The second-order valence-electron chi connectivity index (χ2n) is 7.38. The summed E-state index contributed by atoms with van der Waals surface area (Å²) in [5.74, 6) is 0.00318. The normalized spacial score (nSPS) is 14.0. The van der Waals surface area contributed by atoms with E-state index >= 15 is 0 Å². The van der Waals surface area contributed by atoms with Crippen LogP contribution in [0.25, 0.3) is 16.9 Å². The number of nitrogens with zero attached hydrogens (tertiary/aromatic N) is 4. The molecule has 0 spiro atoms. The number of benzene rings is 1. The highest BCUT2D eigenvalue weighted by atomic mass is 16.2. The molecule has 1 N–H and O–H groups in total. The van der Waals surface area contributed by atoms with E-state index in [4.69, 9.17) is 0 Å². The second kappa shape index (κ2) is 6.97. The smallest absolute Gasteiger partial charge is 0.278 e. The summed E-state index contributed by atoms with van der Waals surface area (Å²) >= 11 is 0. The van der Waals surface area contributed by atoms with Crippen LogP contribution in [0.3, 0.4) is 0 Å². The number of nitriles is 1. The zero-order valence-corrected chi connectivity index (χ0v) is 15.9. The minimum atomic E-state index is -0.238. The summed E-state index contributed by atoms with van der Waals surface area (Å²) in [5.41, 5.74) is 3.15. The average molecular weight is 375 g/mol. The molecule has 0 unspecified atom stereocenters. The molecule has 1 aromatic carbocycles. The lowest BCUT2D eigenvalue weighted by Crippen LogP contribution is -2.27. The van der Waals surface area contributed by atoms with Gasteiger partial charge in [0, 0.05) is 24.2 Å². The molecule has 1 amide bonds. The van der Waals surface area contributed by atoms with E-state index in [0.717, 1.165) is 31.5 Å². The molecule has 2 aromatic heterocycles. The summed E-state index contributed by atoms with van der Waals surface area (Å²) in [5, 5.41) is 13.3. The monoisotopic (exact) mass is 375 g/mol. The van der Waals surface area contributed by atoms with E-state index in [2.05, 4.69) is 16.2 Å². The molecule has 3 aromatic rings. The van der Waals surface area contributed by atoms with Gasteiger partial charge in [-0.25, -0.2) is 0 Å². The third-order valence-electron chi connectivity index (χ3n) is 5.22. The maximum atomic E-state index is 13.0. The van der Waals surface area contributed by atoms with E-state index in [1.54, 1.807) is 12.1 Å². The van der Waals surface area contributed by atoms with Crippen LogP contribution in [0.15, 0.2) is 35.3 Å². The molecule has 7 heteroatoms. The first-order valence-corrected chi connectivity index (χ1v) is 9.45. The van der Waals surface area contributed by atoms with Crippen LogP contribution in [-0.4, -0.2) is 38.5 Å². The van der Waals surface area contributed by atoms with Gasteiger partial charge in [0.15, 0.2) is 5.65 Å². The first kappa shape index (κ1) is 18.0. The quantitative estimate of drug-likeness (QED) is 0.761. The number of amides is 1. The molecule has 28 heavy (non-hydrogen) atoms. The number of fused-ring (bicyclic) bond motifs is 1. The molecule has 142 valence electrons. The van der Waals surface area contributed by atoms with Crippen LogP contribution < -0.4 is 5.56 Å². The number of carbonyl (C=O) groups is 1. The number of carbonyl (C=O) groups excluding carboxylic acids is 1. The standard InChI is InChI=1S/C21H21N5O2/c1-13(2)17-18(24-19-16(11-22)12-23-26(19)21(17)28)14-5-7-15(8-6-14)20(27)25-9-3-4-10-25/h5-8,12-13,24H,3-4,9-10H2,1-2H3. The molecule has 0 saturated carbocycles. The van der Waals surface area contributed by atoms with Crippen LogP contribution in [-0.2, 0) is 0 Å². The molecule has 1 aliphatic rings. The Labute approximate surface area is 162 Å². The van der Waals surface area contributed by atoms with Gasteiger partial charge in [-0.2, -0.15) is 14.9 Å². The van der Waals surface area contributed by atoms with Gasteiger partial charge >= 0.3 is 0 Å². The molecular formula is C21H21N5O2. The fourth-order valence-electron chi connectivity index (χ4n) is 3.76. The highest BCUT2D eigenvalue weighted by molar-refractivity contribution is 5.94. The lowest BCUT2D eigenvalue weighted by molar-refractivity contribution is 0.0793. The van der Waals surface area contributed by atoms with Crippen molar-refractivity contribution in [2.45, 2.75) is 32.6 Å². The summed E-state index contributed by atoms with van der Waals surface area (Å²) in [6.07, 6.45) is 3.49. The molecule has 0 radical (unpaired) electrons. The maximum Gasteiger partial charge on any atom is 0.278 e. The SMILES string of the molecule is CC(C)c1c(-c2ccc(C(=O)N3CCCC3)cc2)[nH]c2c(C#N)cnn2c1=O. The number of likely N-dealkylation sites (tertiary alicyclic amines) is 1. The Hall–Kier alpha value is -3.40. The van der Waals surface area contributed by atoms with E-state index < -0.39 is 0 Å². The zero-order chi connectivity index (χ0) is 19.8. The van der Waals surface area contributed by atoms with Crippen LogP contribution in [0.5, 0.6) is 0 Å². The van der Waals surface area contributed by atoms with Gasteiger partial charge in [0.25, 0.3) is 11.5 Å². The van der Waals surface area contributed by atoms with E-state index in [1.807, 2.05) is 30.9 Å². The predicted molar refractivity (Wildman–Crippen MR) is 105 cm³/mol. The number of nitrogens with one attached hydrogen (secondary N) is 1. The van der Waals surface area contributed by atoms with Gasteiger partial charge in [0.2, 0.25) is 0 Å². The van der Waals surface area contributed by atoms with Gasteiger partial charge in [0.05, 0.1) is 11.9 Å². The Balaban J connectivity index is 1.81. The van der Waals surface area contributed by atoms with Crippen LogP contribution in [0.1, 0.15) is 54.1 Å². The fraction of sp³-hybridized carbons (Fsp3) is 0.333. The highest BCUT2D eigenvalue weighted by Crippen LogP contribution is 2.27. The largest absolute Gasteiger partial charge is 0.339 e. The first-order chi connectivity index (χ1) is 13.5. The highest BCUT2D eigenvalue weighted by Gasteiger charge is 2.21. The zero-order valence-electron chi connectivity index (χ0n) is 15.9. The van der Waals surface area contributed by atoms with Crippen molar-refractivity contribution in [3.05, 3.63) is 57.5 Å². The topological polar surface area (TPSA) is 94.3 Å². The molecular weight excluding hydrogens is 354 g/mol. The van der Waals surface area contributed by atoms with Crippen LogP contribution in [0, 0.1) is 11.3 Å². The van der Waals surface area contributed by atoms with E-state index in [1.165, 1.54) is 10.7 Å². The van der Waals surface area contributed by atoms with Gasteiger partial charge in [-0.1, -0.05) is 26.0 Å². The summed E-state index contributed by atoms with van der Waals surface area (Å²) in [7, 11) is 0. The Morgan fingerprint density at radius 1 is 1.21 bits per heavy atom. The van der Waals surface area contributed by atoms with Gasteiger partial charge < -0.3 is 9.88 Å². The average Bonchev–Trinajstić information content (AvgIpc) is 3.37. The number of hydrogen-bond donors (Lipinski definition) is 1. The van der Waals surface area contributed by atoms with Crippen molar-refractivity contribution in [3.8, 4) is 17.3 Å². The fourth-order valence-corrected chi connectivity index (χ4v) is 3.76. The molecule has 4 rings (SSSR count). The molecule has 1 fully saturated rings. The van der Waals surface area contributed by atoms with Crippen LogP contribution >= 0.6 is 0 Å². The van der Waals surface area contributed by atoms with Crippen molar-refractivity contribution in [3.63, 3.8) is 0 Å². The molecule has 1 saturated heterocycles. The Bertz CT molecular complexity index is 1140. The minimum absolute atomic E-state index is 0.0382. The maximum absolute atomic E-state index is 13.0. The van der Waals surface area contributed by atoms with E-state index in [0.29, 0.717) is 28.0 Å². The second-order valence-corrected chi connectivity index (χ2v) is 7.38. The molecule has 3 heterocycles. The van der Waals surface area contributed by atoms with Crippen molar-refractivity contribution >= 4 is 11.6 Å². The summed E-state index contributed by atoms with van der Waals surface area (Å²) in [6, 6.07) is 9.34. The van der Waals surface area contributed by atoms with E-state index in [9.17, 15) is 14.9 Å². The summed E-state index contributed by atoms with van der Waals surface area (Å²) in [6.45, 7) is 5.50. The molecule has 1 aliphatic heterocycles. The number of H-pyrrole nitrogens is 1. The van der Waals surface area contributed by atoms with Crippen LogP contribution in [0.4, 0.5) is 0 Å². The lowest BCUT2D eigenvalue weighted by Gasteiger charge is -2.16. The van der Waals surface area contributed by atoms with Crippen molar-refractivity contribution in [1.29, 1.82) is 5.26 Å². The minimum Gasteiger partial charge on any atom is -0.339 e. The Morgan fingerprint density at radius 2 is 1.89 bits per heavy atom. The van der Waals surface area contributed by atoms with E-state index in [-0.39, 0.29) is 17.4 Å². The Kier molecular flexibility index (Phi) is 4.47. The van der Waals surface area contributed by atoms with Crippen molar-refractivity contribution in [2.24, 2.45) is 0 Å². The molecule has 0 aliphatic carbocycles. The van der Waals surface area contributed by atoms with Gasteiger partial charge in [0.1, 0.15) is 11.6 Å². The number of aromatic amines is 1. The van der Waals surface area contributed by atoms with Gasteiger partial charge in [-0.15, -0.1) is 0 Å². The van der Waals surface area contributed by atoms with Crippen LogP contribution in [0.2, 0.25) is 0 Å². The number of aromatic nitrogens is 3. The molecule has 0 bridgehead atoms. The van der Waals surface area contributed by atoms with Crippen molar-refractivity contribution in [2.75, 3.05) is 13.1 Å². The molecule has 7 nitrogen and oxygen atoms in total.